The predicted octanol–water partition coefficient (Wildman–Crippen LogP) is 23.3. The van der Waals surface area contributed by atoms with E-state index in [1.165, 1.54) is 135 Å². The Morgan fingerprint density at radius 2 is 0.689 bits per heavy atom. The summed E-state index contributed by atoms with van der Waals surface area (Å²) in [5.41, 5.74) is 0. The summed E-state index contributed by atoms with van der Waals surface area (Å²) >= 11 is 0. The molecule has 0 aromatic carbocycles. The van der Waals surface area contributed by atoms with Crippen LogP contribution in [0.2, 0.25) is 0 Å². The SMILES string of the molecule is CC/C=C\C/C=C\C/C=C\C/C=C\C/C=C\C/C=C\C/C=C\C/C=C\C/C=C\C/C=C\C/C=C\C/C=C\CCCCCCC(=O)NC(COP(=O)([O-])OCC[N+](C)(C)C)C(O)/C=C/CC/C=C/CCCCCCCCCCCCCCCCCCCCCCC. The summed E-state index contributed by atoms with van der Waals surface area (Å²) in [5.74, 6) is -0.236. The summed E-state index contributed by atoms with van der Waals surface area (Å²) in [6.07, 6.45) is 109. The fourth-order valence-electron chi connectivity index (χ4n) is 9.80. The van der Waals surface area contributed by atoms with E-state index in [9.17, 15) is 19.4 Å². The van der Waals surface area contributed by atoms with Crippen molar-refractivity contribution in [3.8, 4) is 0 Å². The van der Waals surface area contributed by atoms with Crippen molar-refractivity contribution in [2.24, 2.45) is 0 Å². The lowest BCUT2D eigenvalue weighted by Gasteiger charge is -2.29. The maximum absolute atomic E-state index is 13.0. The van der Waals surface area contributed by atoms with Crippen LogP contribution in [0, 0.1) is 0 Å². The molecule has 0 aromatic heterocycles. The Kier molecular flexibility index (Phi) is 66.0. The molecule has 0 aromatic rings. The molecule has 0 aliphatic carbocycles. The standard InChI is InChI=1S/C81H137N2O6P/c1-6-8-10-12-14-16-18-20-22-24-26-28-30-32-34-35-36-37-38-39-40-41-42-43-44-45-46-47-49-51-53-55-57-59-61-63-65-67-69-71-73-75-81(85)82-79(78-89-90(86,87)88-77-76-83(3,4)5)80(84)74-72-70-68-66-64-62-60-58-56-54-52-50-48-33-31-29-27-25-23-21-19-17-15-13-11-9-7-2/h8,10,14,16,20,22,26,28,32,34,36-37,39-40,42-43,45-46,49,51,55,57,61,63-64,66,72,74,79-80,84H,6-7,9,11-13,15,17-19,21,23-25,27,29-31,33,35,38,41,44,47-48,50,52-54,56,58-60,62,65,67-71,73,75-78H2,1-5H3,(H-,82,85,86,87)/b10-8-,16-14-,22-20-,28-26-,34-32-,37-36-,40-39-,43-42-,46-45-,51-49-,57-55-,63-61-,66-64+,74-72+. The molecule has 3 unspecified atom stereocenters. The predicted molar refractivity (Wildman–Crippen MR) is 394 cm³/mol. The van der Waals surface area contributed by atoms with Crippen LogP contribution in [0.5, 0.6) is 0 Å². The first-order chi connectivity index (χ1) is 44.0. The summed E-state index contributed by atoms with van der Waals surface area (Å²) in [5, 5.41) is 13.9. The molecule has 1 amide bonds. The van der Waals surface area contributed by atoms with E-state index in [4.69, 9.17) is 9.05 Å². The van der Waals surface area contributed by atoms with E-state index in [0.29, 0.717) is 23.9 Å². The summed E-state index contributed by atoms with van der Waals surface area (Å²) in [7, 11) is 1.21. The van der Waals surface area contributed by atoms with Gasteiger partial charge in [0.05, 0.1) is 39.9 Å². The van der Waals surface area contributed by atoms with Gasteiger partial charge in [0.1, 0.15) is 13.2 Å². The zero-order valence-electron chi connectivity index (χ0n) is 58.5. The fraction of sp³-hybridized carbons (Fsp3) is 0.642. The Bertz CT molecular complexity index is 2080. The van der Waals surface area contributed by atoms with Crippen LogP contribution in [0.3, 0.4) is 0 Å². The van der Waals surface area contributed by atoms with Crippen molar-refractivity contribution in [1.82, 2.24) is 5.32 Å². The molecule has 512 valence electrons. The minimum absolute atomic E-state index is 0.0204. The van der Waals surface area contributed by atoms with E-state index in [0.717, 1.165) is 122 Å². The van der Waals surface area contributed by atoms with Gasteiger partial charge in [-0.25, -0.2) is 0 Å². The number of nitrogens with zero attached hydrogens (tertiary/aromatic N) is 1. The summed E-state index contributed by atoms with van der Waals surface area (Å²) in [6, 6.07) is -0.932. The van der Waals surface area contributed by atoms with Crippen LogP contribution in [-0.2, 0) is 18.4 Å². The molecule has 0 radical (unpaired) electrons. The molecule has 0 spiro atoms. The highest BCUT2D eigenvalue weighted by Crippen LogP contribution is 2.38. The number of aliphatic hydroxyl groups is 1. The number of nitrogens with one attached hydrogen (secondary N) is 1. The number of likely N-dealkylation sites (N-methyl/N-ethyl adjacent to an activating group) is 1. The average Bonchev–Trinajstić information content (AvgIpc) is 3.09. The third kappa shape index (κ3) is 71.3. The van der Waals surface area contributed by atoms with Crippen molar-refractivity contribution in [1.29, 1.82) is 0 Å². The molecule has 0 fully saturated rings. The van der Waals surface area contributed by atoms with Crippen molar-refractivity contribution in [2.75, 3.05) is 40.9 Å². The molecule has 0 saturated heterocycles. The van der Waals surface area contributed by atoms with Crippen LogP contribution in [-0.4, -0.2) is 68.5 Å². The number of unbranched alkanes of at least 4 members (excludes halogenated alkanes) is 26. The first kappa shape index (κ1) is 85.9. The Labute approximate surface area is 555 Å². The number of allylic oxidation sites excluding steroid dienone is 27. The van der Waals surface area contributed by atoms with Crippen molar-refractivity contribution in [3.63, 3.8) is 0 Å². The highest BCUT2D eigenvalue weighted by molar-refractivity contribution is 7.45. The molecule has 0 heterocycles. The summed E-state index contributed by atoms with van der Waals surface area (Å²) < 4.78 is 23.4. The van der Waals surface area contributed by atoms with Crippen LogP contribution in [0.15, 0.2) is 170 Å². The maximum atomic E-state index is 13.0. The third-order valence-corrected chi connectivity index (χ3v) is 16.4. The number of carbonyl (C=O) groups is 1. The van der Waals surface area contributed by atoms with E-state index < -0.39 is 26.6 Å². The first-order valence-corrected chi connectivity index (χ1v) is 38.0. The summed E-state index contributed by atoms with van der Waals surface area (Å²) in [6.45, 7) is 4.50. The van der Waals surface area contributed by atoms with E-state index in [2.05, 4.69) is 177 Å². The fourth-order valence-corrected chi connectivity index (χ4v) is 10.5. The van der Waals surface area contributed by atoms with Gasteiger partial charge in [-0.2, -0.15) is 0 Å². The Morgan fingerprint density at radius 3 is 1.03 bits per heavy atom. The van der Waals surface area contributed by atoms with Gasteiger partial charge in [-0.3, -0.25) is 9.36 Å². The van der Waals surface area contributed by atoms with Gasteiger partial charge in [0.15, 0.2) is 0 Å². The van der Waals surface area contributed by atoms with Gasteiger partial charge in [-0.05, 0) is 122 Å². The molecular weight excluding hydrogens is 1130 g/mol. The Hall–Kier alpha value is -4.14. The largest absolute Gasteiger partial charge is 0.756 e. The number of phosphoric acid groups is 1. The summed E-state index contributed by atoms with van der Waals surface area (Å²) in [4.78, 5) is 25.6. The minimum Gasteiger partial charge on any atom is -0.756 e. The van der Waals surface area contributed by atoms with Gasteiger partial charge in [-0.15, -0.1) is 0 Å². The lowest BCUT2D eigenvalue weighted by molar-refractivity contribution is -0.870. The second-order valence-corrected chi connectivity index (χ2v) is 26.6. The van der Waals surface area contributed by atoms with Crippen LogP contribution in [0.4, 0.5) is 0 Å². The van der Waals surface area contributed by atoms with Crippen molar-refractivity contribution in [3.05, 3.63) is 170 Å². The molecule has 0 aliphatic rings. The molecule has 2 N–H and O–H groups in total. The van der Waals surface area contributed by atoms with Gasteiger partial charge in [-0.1, -0.05) is 325 Å². The number of aliphatic hydroxyl groups excluding tert-OH is 1. The molecular formula is C81H137N2O6P. The lowest BCUT2D eigenvalue weighted by atomic mass is 10.0. The Morgan fingerprint density at radius 1 is 0.400 bits per heavy atom. The molecule has 0 bridgehead atoms. The quantitative estimate of drug-likeness (QED) is 0.0272. The van der Waals surface area contributed by atoms with E-state index in [1.807, 2.05) is 27.2 Å². The molecule has 9 heteroatoms. The number of amides is 1. The molecule has 0 rings (SSSR count). The highest BCUT2D eigenvalue weighted by Gasteiger charge is 2.23. The minimum atomic E-state index is -4.63. The number of hydrogen-bond acceptors (Lipinski definition) is 6. The van der Waals surface area contributed by atoms with Gasteiger partial charge in [0.2, 0.25) is 5.91 Å². The van der Waals surface area contributed by atoms with E-state index in [1.54, 1.807) is 6.08 Å². The van der Waals surface area contributed by atoms with E-state index >= 15 is 0 Å². The average molecular weight is 1270 g/mol. The maximum Gasteiger partial charge on any atom is 0.268 e. The van der Waals surface area contributed by atoms with Crippen LogP contribution >= 0.6 is 7.82 Å². The number of quaternary nitrogens is 1. The van der Waals surface area contributed by atoms with E-state index in [-0.39, 0.29) is 12.5 Å². The van der Waals surface area contributed by atoms with Crippen LogP contribution in [0.1, 0.15) is 284 Å². The van der Waals surface area contributed by atoms with Crippen molar-refractivity contribution in [2.45, 2.75) is 296 Å². The smallest absolute Gasteiger partial charge is 0.268 e. The molecule has 0 aliphatic heterocycles. The molecule has 8 nitrogen and oxygen atoms in total. The zero-order valence-corrected chi connectivity index (χ0v) is 59.4. The molecule has 0 saturated carbocycles. The number of carbonyl (C=O) groups excluding carboxylic acids is 1. The van der Waals surface area contributed by atoms with Crippen LogP contribution in [0.25, 0.3) is 0 Å². The van der Waals surface area contributed by atoms with Gasteiger partial charge in [0, 0.05) is 6.42 Å². The van der Waals surface area contributed by atoms with Gasteiger partial charge < -0.3 is 28.8 Å². The molecule has 90 heavy (non-hydrogen) atoms. The normalized spacial score (nSPS) is 14.6. The number of rotatable bonds is 65. The Balaban J connectivity index is 4.23. The monoisotopic (exact) mass is 1270 g/mol. The zero-order chi connectivity index (χ0) is 65.5. The van der Waals surface area contributed by atoms with Crippen molar-refractivity contribution < 1.29 is 32.9 Å². The topological polar surface area (TPSA) is 108 Å². The number of phosphoric ester groups is 1. The lowest BCUT2D eigenvalue weighted by Crippen LogP contribution is -2.45. The molecule has 3 atom stereocenters. The highest BCUT2D eigenvalue weighted by atomic mass is 31.2. The second kappa shape index (κ2) is 69.2. The first-order valence-electron chi connectivity index (χ1n) is 36.5. The van der Waals surface area contributed by atoms with Crippen LogP contribution < -0.4 is 10.2 Å². The van der Waals surface area contributed by atoms with Gasteiger partial charge in [0.25, 0.3) is 7.82 Å². The number of hydrogen-bond donors (Lipinski definition) is 2. The van der Waals surface area contributed by atoms with Crippen molar-refractivity contribution >= 4 is 13.7 Å². The third-order valence-electron chi connectivity index (χ3n) is 15.4. The van der Waals surface area contributed by atoms with Gasteiger partial charge >= 0.3 is 0 Å². The second-order valence-electron chi connectivity index (χ2n) is 25.2.